The normalized spacial score (nSPS) is 21.9. The maximum absolute atomic E-state index is 11.8. The summed E-state index contributed by atoms with van der Waals surface area (Å²) in [5, 5.41) is 19.3. The van der Waals surface area contributed by atoms with Crippen molar-refractivity contribution in [1.82, 2.24) is 0 Å². The van der Waals surface area contributed by atoms with Crippen molar-refractivity contribution in [3.8, 4) is 0 Å². The smallest absolute Gasteiger partial charge is 0.331 e. The molecular weight excluding hydrogens is 280 g/mol. The van der Waals surface area contributed by atoms with Crippen molar-refractivity contribution >= 4 is 23.5 Å². The van der Waals surface area contributed by atoms with Gasteiger partial charge in [0.05, 0.1) is 0 Å². The lowest BCUT2D eigenvalue weighted by atomic mass is 9.71. The molecule has 0 saturated carbocycles. The molecule has 5 heteroatoms. The molecule has 0 aromatic heterocycles. The number of aliphatic carboxylic acids is 2. The van der Waals surface area contributed by atoms with Crippen LogP contribution < -0.4 is 0 Å². The Morgan fingerprint density at radius 2 is 1.80 bits per heavy atom. The Balaban J connectivity index is 2.58. The first-order valence-electron chi connectivity index (χ1n) is 5.98. The van der Waals surface area contributed by atoms with Crippen LogP contribution in [0, 0.1) is 0 Å². The summed E-state index contributed by atoms with van der Waals surface area (Å²) in [4.78, 5) is 23.0. The molecule has 1 aliphatic rings. The second-order valence-corrected chi connectivity index (χ2v) is 5.26. The Bertz CT molecular complexity index is 628. The third-order valence-corrected chi connectivity index (χ3v) is 3.61. The summed E-state index contributed by atoms with van der Waals surface area (Å²) in [6, 6.07) is 6.43. The zero-order chi connectivity index (χ0) is 14.9. The highest BCUT2D eigenvalue weighted by molar-refractivity contribution is 6.30. The molecular formula is C15H13ClO4. The van der Waals surface area contributed by atoms with E-state index in [1.165, 1.54) is 6.08 Å². The van der Waals surface area contributed by atoms with E-state index < -0.39 is 17.4 Å². The minimum atomic E-state index is -1.36. The van der Waals surface area contributed by atoms with Gasteiger partial charge in [-0.1, -0.05) is 35.4 Å². The number of allylic oxidation sites excluding steroid dienone is 2. The molecule has 0 bridgehead atoms. The summed E-state index contributed by atoms with van der Waals surface area (Å²) < 4.78 is 0. The molecule has 1 aromatic rings. The molecule has 2 rings (SSSR count). The van der Waals surface area contributed by atoms with Crippen LogP contribution in [0.3, 0.4) is 0 Å². The molecule has 0 aliphatic heterocycles. The molecule has 0 fully saturated rings. The van der Waals surface area contributed by atoms with E-state index in [0.717, 1.165) is 0 Å². The van der Waals surface area contributed by atoms with Crippen molar-refractivity contribution < 1.29 is 19.8 Å². The van der Waals surface area contributed by atoms with Gasteiger partial charge in [0, 0.05) is 17.0 Å². The number of carbonyl (C=O) groups is 2. The molecule has 1 unspecified atom stereocenters. The predicted molar refractivity (Wildman–Crippen MR) is 74.9 cm³/mol. The topological polar surface area (TPSA) is 74.6 Å². The van der Waals surface area contributed by atoms with Crippen LogP contribution in [0.25, 0.3) is 0 Å². The number of hydrogen-bond acceptors (Lipinski definition) is 2. The highest BCUT2D eigenvalue weighted by Crippen LogP contribution is 2.38. The van der Waals surface area contributed by atoms with Gasteiger partial charge in [-0.25, -0.2) is 4.79 Å². The first-order valence-corrected chi connectivity index (χ1v) is 6.36. The average molecular weight is 293 g/mol. The Hall–Kier alpha value is -2.07. The van der Waals surface area contributed by atoms with Gasteiger partial charge in [-0.05, 0) is 30.7 Å². The highest BCUT2D eigenvalue weighted by Gasteiger charge is 2.42. The van der Waals surface area contributed by atoms with Gasteiger partial charge in [-0.3, -0.25) is 4.79 Å². The molecule has 0 saturated heterocycles. The van der Waals surface area contributed by atoms with Crippen molar-refractivity contribution in [3.63, 3.8) is 0 Å². The number of carboxylic acids is 2. The number of carboxylic acid groups (broad SMARTS) is 2. The van der Waals surface area contributed by atoms with Crippen molar-refractivity contribution in [2.24, 2.45) is 0 Å². The Morgan fingerprint density at radius 3 is 2.30 bits per heavy atom. The van der Waals surface area contributed by atoms with Crippen LogP contribution in [0.1, 0.15) is 18.9 Å². The number of hydrogen-bond donors (Lipinski definition) is 2. The monoisotopic (exact) mass is 292 g/mol. The van der Waals surface area contributed by atoms with Crippen LogP contribution in [0.4, 0.5) is 0 Å². The summed E-state index contributed by atoms with van der Waals surface area (Å²) in [6.07, 6.45) is 3.00. The van der Waals surface area contributed by atoms with E-state index in [4.69, 9.17) is 16.7 Å². The Morgan fingerprint density at radius 1 is 1.20 bits per heavy atom. The molecule has 1 aromatic carbocycles. The maximum Gasteiger partial charge on any atom is 0.331 e. The lowest BCUT2D eigenvalue weighted by Crippen LogP contribution is -2.37. The Labute approximate surface area is 121 Å². The van der Waals surface area contributed by atoms with Crippen molar-refractivity contribution in [3.05, 3.63) is 58.1 Å². The van der Waals surface area contributed by atoms with Gasteiger partial charge in [0.1, 0.15) is 5.41 Å². The second kappa shape index (κ2) is 5.13. The number of rotatable bonds is 3. The molecule has 0 heterocycles. The van der Waals surface area contributed by atoms with E-state index in [9.17, 15) is 14.7 Å². The van der Waals surface area contributed by atoms with Crippen LogP contribution >= 0.6 is 11.6 Å². The zero-order valence-electron chi connectivity index (χ0n) is 10.8. The van der Waals surface area contributed by atoms with Gasteiger partial charge >= 0.3 is 11.9 Å². The van der Waals surface area contributed by atoms with Crippen molar-refractivity contribution in [2.45, 2.75) is 18.8 Å². The molecule has 104 valence electrons. The molecule has 1 atom stereocenters. The molecule has 0 radical (unpaired) electrons. The first-order chi connectivity index (χ1) is 9.35. The first kappa shape index (κ1) is 14.3. The van der Waals surface area contributed by atoms with Gasteiger partial charge in [0.2, 0.25) is 0 Å². The quantitative estimate of drug-likeness (QED) is 0.898. The molecule has 4 nitrogen and oxygen atoms in total. The summed E-state index contributed by atoms with van der Waals surface area (Å²) >= 11 is 5.82. The fourth-order valence-electron chi connectivity index (χ4n) is 2.44. The van der Waals surface area contributed by atoms with E-state index in [1.807, 2.05) is 0 Å². The van der Waals surface area contributed by atoms with E-state index in [-0.39, 0.29) is 12.0 Å². The molecule has 2 N–H and O–H groups in total. The third-order valence-electron chi connectivity index (χ3n) is 3.36. The van der Waals surface area contributed by atoms with E-state index in [1.54, 1.807) is 37.3 Å². The lowest BCUT2D eigenvalue weighted by Gasteiger charge is -2.30. The van der Waals surface area contributed by atoms with Gasteiger partial charge in [-0.15, -0.1) is 0 Å². The van der Waals surface area contributed by atoms with Gasteiger partial charge in [-0.2, -0.15) is 0 Å². The lowest BCUT2D eigenvalue weighted by molar-refractivity contribution is -0.142. The molecule has 0 amide bonds. The second-order valence-electron chi connectivity index (χ2n) is 4.82. The van der Waals surface area contributed by atoms with Crippen LogP contribution in [0.15, 0.2) is 47.6 Å². The van der Waals surface area contributed by atoms with Crippen LogP contribution in [-0.2, 0) is 15.0 Å². The molecule has 0 spiro atoms. The van der Waals surface area contributed by atoms with Crippen LogP contribution in [-0.4, -0.2) is 22.2 Å². The summed E-state index contributed by atoms with van der Waals surface area (Å²) in [7, 11) is 0. The third kappa shape index (κ3) is 2.47. The largest absolute Gasteiger partial charge is 0.480 e. The van der Waals surface area contributed by atoms with Crippen molar-refractivity contribution in [1.29, 1.82) is 0 Å². The van der Waals surface area contributed by atoms with E-state index in [2.05, 4.69) is 0 Å². The predicted octanol–water partition coefficient (Wildman–Crippen LogP) is 3.02. The van der Waals surface area contributed by atoms with Crippen molar-refractivity contribution in [2.75, 3.05) is 0 Å². The Kier molecular flexibility index (Phi) is 3.68. The van der Waals surface area contributed by atoms with Gasteiger partial charge < -0.3 is 10.2 Å². The highest BCUT2D eigenvalue weighted by atomic mass is 35.5. The molecule has 20 heavy (non-hydrogen) atoms. The van der Waals surface area contributed by atoms with Crippen LogP contribution in [0.2, 0.25) is 5.02 Å². The van der Waals surface area contributed by atoms with Crippen LogP contribution in [0.5, 0.6) is 0 Å². The molecule has 1 aliphatic carbocycles. The fourth-order valence-corrected chi connectivity index (χ4v) is 2.56. The minimum absolute atomic E-state index is 0.0855. The van der Waals surface area contributed by atoms with Gasteiger partial charge in [0.25, 0.3) is 0 Å². The maximum atomic E-state index is 11.8. The summed E-state index contributed by atoms with van der Waals surface area (Å²) in [5.41, 5.74) is -0.147. The zero-order valence-corrected chi connectivity index (χ0v) is 11.5. The number of benzene rings is 1. The standard InChI is InChI=1S/C15H13ClO4/c1-9-6-10(13(17)18)8-15(7-9,14(19)20)11-2-4-12(16)5-3-11/h2-7H,8H2,1H3,(H,17,18)(H,19,20). The summed E-state index contributed by atoms with van der Waals surface area (Å²) in [6.45, 7) is 1.69. The average Bonchev–Trinajstić information content (AvgIpc) is 2.38. The van der Waals surface area contributed by atoms with E-state index >= 15 is 0 Å². The number of halogens is 1. The van der Waals surface area contributed by atoms with E-state index in [0.29, 0.717) is 16.2 Å². The van der Waals surface area contributed by atoms with Gasteiger partial charge in [0.15, 0.2) is 0 Å². The SMILES string of the molecule is CC1=CC(C(=O)O)(c2ccc(Cl)cc2)CC(C(=O)O)=C1. The fraction of sp³-hybridized carbons (Fsp3) is 0.200. The minimum Gasteiger partial charge on any atom is -0.480 e. The summed E-state index contributed by atoms with van der Waals surface area (Å²) in [5.74, 6) is -2.18.